The molecule has 2 aliphatic rings. The highest BCUT2D eigenvalue weighted by molar-refractivity contribution is 7.80. The zero-order valence-electron chi connectivity index (χ0n) is 15.4. The number of hydrogen-bond acceptors (Lipinski definition) is 5. The van der Waals surface area contributed by atoms with Crippen molar-refractivity contribution < 1.29 is 9.47 Å². The topological polar surface area (TPSA) is 56.3 Å². The Morgan fingerprint density at radius 2 is 1.21 bits per heavy atom. The van der Waals surface area contributed by atoms with Gasteiger partial charge in [-0.25, -0.2) is 10.0 Å². The van der Waals surface area contributed by atoms with Crippen LogP contribution in [-0.2, 0) is 9.47 Å². The Labute approximate surface area is 170 Å². The molecule has 6 nitrogen and oxygen atoms in total. The van der Waals surface area contributed by atoms with E-state index in [0.29, 0.717) is 18.2 Å². The van der Waals surface area contributed by atoms with Gasteiger partial charge in [-0.15, -0.1) is 0 Å². The molecule has 2 aromatic rings. The third-order valence-electron chi connectivity index (χ3n) is 4.29. The van der Waals surface area contributed by atoms with E-state index in [1.807, 2.05) is 60.7 Å². The zero-order valence-corrected chi connectivity index (χ0v) is 16.2. The van der Waals surface area contributed by atoms with Crippen LogP contribution in [-0.4, -0.2) is 66.1 Å². The van der Waals surface area contributed by atoms with Crippen molar-refractivity contribution in [3.05, 3.63) is 71.8 Å². The molecule has 0 radical (unpaired) electrons. The molecular weight excluding hydrogens is 372 g/mol. The molecule has 2 atom stereocenters. The van der Waals surface area contributed by atoms with Crippen LogP contribution in [0.2, 0.25) is 0 Å². The predicted octanol–water partition coefficient (Wildman–Crippen LogP) is 2.74. The standard InChI is InChI=1S/C21H22N4O2S/c28-21(24(13-19-15-26-19)22-11-17-7-3-1-4-8-17)25(14-20-16-27-20)23-12-18-9-5-2-6-10-18/h1-12,19-20H,13-16H2/b22-11+,23-12+. The van der Waals surface area contributed by atoms with E-state index in [9.17, 15) is 0 Å². The van der Waals surface area contributed by atoms with Gasteiger partial charge in [0.2, 0.25) is 5.11 Å². The maximum atomic E-state index is 5.73. The van der Waals surface area contributed by atoms with E-state index < -0.39 is 0 Å². The van der Waals surface area contributed by atoms with Crippen molar-refractivity contribution in [2.24, 2.45) is 10.2 Å². The number of hydrogen-bond donors (Lipinski definition) is 0. The summed E-state index contributed by atoms with van der Waals surface area (Å²) in [5.74, 6) is 0. The highest BCUT2D eigenvalue weighted by Crippen LogP contribution is 2.17. The minimum absolute atomic E-state index is 0.156. The first-order chi connectivity index (χ1) is 13.8. The van der Waals surface area contributed by atoms with Gasteiger partial charge in [-0.3, -0.25) is 0 Å². The van der Waals surface area contributed by atoms with Gasteiger partial charge in [0.1, 0.15) is 12.2 Å². The normalized spacial score (nSPS) is 20.4. The van der Waals surface area contributed by atoms with Crippen molar-refractivity contribution in [3.8, 4) is 0 Å². The quantitative estimate of drug-likeness (QED) is 0.298. The molecule has 2 aliphatic heterocycles. The summed E-state index contributed by atoms with van der Waals surface area (Å²) >= 11 is 5.73. The number of ether oxygens (including phenoxy) is 2. The fourth-order valence-corrected chi connectivity index (χ4v) is 2.81. The lowest BCUT2D eigenvalue weighted by Crippen LogP contribution is -2.41. The van der Waals surface area contributed by atoms with Gasteiger partial charge < -0.3 is 9.47 Å². The van der Waals surface area contributed by atoms with E-state index in [4.69, 9.17) is 21.7 Å². The summed E-state index contributed by atoms with van der Waals surface area (Å²) in [4.78, 5) is 0. The van der Waals surface area contributed by atoms with Crippen molar-refractivity contribution in [2.75, 3.05) is 26.3 Å². The number of nitrogens with zero attached hydrogens (tertiary/aromatic N) is 4. The largest absolute Gasteiger partial charge is 0.371 e. The van der Waals surface area contributed by atoms with Crippen LogP contribution in [0.4, 0.5) is 0 Å². The van der Waals surface area contributed by atoms with E-state index in [0.717, 1.165) is 24.3 Å². The molecule has 0 bridgehead atoms. The molecule has 2 fully saturated rings. The first-order valence-electron chi connectivity index (χ1n) is 9.28. The Morgan fingerprint density at radius 3 is 1.57 bits per heavy atom. The molecule has 7 heteroatoms. The monoisotopic (exact) mass is 394 g/mol. The molecule has 2 heterocycles. The summed E-state index contributed by atoms with van der Waals surface area (Å²) in [6.07, 6.45) is 3.92. The lowest BCUT2D eigenvalue weighted by molar-refractivity contribution is 0.287. The van der Waals surface area contributed by atoms with Crippen LogP contribution in [0, 0.1) is 0 Å². The summed E-state index contributed by atoms with van der Waals surface area (Å²) in [7, 11) is 0. The fourth-order valence-electron chi connectivity index (χ4n) is 2.57. The van der Waals surface area contributed by atoms with Gasteiger partial charge in [0, 0.05) is 0 Å². The van der Waals surface area contributed by atoms with Crippen LogP contribution in [0.5, 0.6) is 0 Å². The van der Waals surface area contributed by atoms with Crippen molar-refractivity contribution in [3.63, 3.8) is 0 Å². The second kappa shape index (κ2) is 9.05. The van der Waals surface area contributed by atoms with E-state index in [2.05, 4.69) is 10.2 Å². The average molecular weight is 395 g/mol. The maximum Gasteiger partial charge on any atom is 0.213 e. The fraction of sp³-hybridized carbons (Fsp3) is 0.286. The van der Waals surface area contributed by atoms with Crippen molar-refractivity contribution in [1.82, 2.24) is 10.0 Å². The molecule has 2 saturated heterocycles. The van der Waals surface area contributed by atoms with Gasteiger partial charge in [-0.05, 0) is 23.3 Å². The van der Waals surface area contributed by atoms with Gasteiger partial charge in [0.25, 0.3) is 0 Å². The molecule has 144 valence electrons. The summed E-state index contributed by atoms with van der Waals surface area (Å²) in [5.41, 5.74) is 2.02. The van der Waals surface area contributed by atoms with Crippen LogP contribution in [0.1, 0.15) is 11.1 Å². The molecule has 0 spiro atoms. The van der Waals surface area contributed by atoms with Crippen LogP contribution < -0.4 is 0 Å². The van der Waals surface area contributed by atoms with E-state index in [1.165, 1.54) is 0 Å². The van der Waals surface area contributed by atoms with Crippen LogP contribution in [0.15, 0.2) is 70.9 Å². The molecule has 0 aliphatic carbocycles. The van der Waals surface area contributed by atoms with Crippen LogP contribution in [0.3, 0.4) is 0 Å². The molecule has 4 rings (SSSR count). The van der Waals surface area contributed by atoms with E-state index in [-0.39, 0.29) is 12.2 Å². The summed E-state index contributed by atoms with van der Waals surface area (Å²) in [5, 5.41) is 13.3. The second-order valence-electron chi connectivity index (χ2n) is 6.67. The molecule has 0 saturated carbocycles. The average Bonchev–Trinajstić information content (AvgIpc) is 3.66. The number of thiocarbonyl (C=S) groups is 1. The van der Waals surface area contributed by atoms with Crippen molar-refractivity contribution in [2.45, 2.75) is 12.2 Å². The van der Waals surface area contributed by atoms with Gasteiger partial charge >= 0.3 is 0 Å². The lowest BCUT2D eigenvalue weighted by Gasteiger charge is -2.26. The molecule has 2 aromatic carbocycles. The summed E-state index contributed by atoms with van der Waals surface area (Å²) in [6.45, 7) is 2.67. The van der Waals surface area contributed by atoms with Gasteiger partial charge in [0.05, 0.1) is 38.7 Å². The van der Waals surface area contributed by atoms with E-state index in [1.54, 1.807) is 22.4 Å². The van der Waals surface area contributed by atoms with Crippen LogP contribution >= 0.6 is 12.2 Å². The Balaban J connectivity index is 1.50. The molecule has 2 unspecified atom stereocenters. The van der Waals surface area contributed by atoms with Crippen molar-refractivity contribution >= 4 is 29.8 Å². The second-order valence-corrected chi connectivity index (χ2v) is 7.03. The molecule has 0 aromatic heterocycles. The van der Waals surface area contributed by atoms with Gasteiger partial charge in [0.15, 0.2) is 0 Å². The minimum Gasteiger partial charge on any atom is -0.371 e. The summed E-state index contributed by atoms with van der Waals surface area (Å²) < 4.78 is 10.8. The maximum absolute atomic E-state index is 5.73. The summed E-state index contributed by atoms with van der Waals surface area (Å²) in [6, 6.07) is 19.9. The van der Waals surface area contributed by atoms with E-state index >= 15 is 0 Å². The SMILES string of the molecule is S=C(N(CC1CO1)/N=C/c1ccccc1)N(CC1CO1)/N=C/c1ccccc1. The molecular formula is C21H22N4O2S. The first-order valence-corrected chi connectivity index (χ1v) is 9.69. The molecule has 0 N–H and O–H groups in total. The highest BCUT2D eigenvalue weighted by atomic mass is 32.1. The third-order valence-corrected chi connectivity index (χ3v) is 4.71. The molecule has 0 amide bonds. The highest BCUT2D eigenvalue weighted by Gasteiger charge is 2.31. The Morgan fingerprint density at radius 1 is 0.821 bits per heavy atom. The Kier molecular flexibility index (Phi) is 6.06. The van der Waals surface area contributed by atoms with Gasteiger partial charge in [-0.2, -0.15) is 10.2 Å². The van der Waals surface area contributed by atoms with Crippen molar-refractivity contribution in [1.29, 1.82) is 0 Å². The number of rotatable bonds is 8. The van der Waals surface area contributed by atoms with Gasteiger partial charge in [-0.1, -0.05) is 60.7 Å². The number of hydrazone groups is 2. The number of epoxide rings is 2. The van der Waals surface area contributed by atoms with Crippen LogP contribution in [0.25, 0.3) is 0 Å². The Bertz CT molecular complexity index is 766. The minimum atomic E-state index is 0.156. The zero-order chi connectivity index (χ0) is 19.2. The smallest absolute Gasteiger partial charge is 0.213 e. The Hall–Kier alpha value is -2.61. The lowest BCUT2D eigenvalue weighted by atomic mass is 10.2. The first kappa shape index (κ1) is 18.7. The third kappa shape index (κ3) is 5.69. The predicted molar refractivity (Wildman–Crippen MR) is 114 cm³/mol. The number of benzene rings is 2. The molecule has 28 heavy (non-hydrogen) atoms.